The molecule has 6 nitrogen and oxygen atoms in total. The normalized spacial score (nSPS) is 13.5. The molecule has 2 heterocycles. The number of nitrogens with zero attached hydrogens (tertiary/aromatic N) is 2. The van der Waals surface area contributed by atoms with Crippen molar-refractivity contribution >= 4 is 27.5 Å². The number of benzene rings is 1. The number of aromatic nitrogens is 2. The molecule has 0 saturated heterocycles. The fraction of sp³-hybridized carbons (Fsp3) is 0.381. The molecule has 1 aliphatic carbocycles. The van der Waals surface area contributed by atoms with Gasteiger partial charge in [-0.05, 0) is 43.7 Å². The summed E-state index contributed by atoms with van der Waals surface area (Å²) in [7, 11) is 0. The van der Waals surface area contributed by atoms with Crippen LogP contribution in [-0.2, 0) is 35.5 Å². The van der Waals surface area contributed by atoms with Gasteiger partial charge in [-0.25, -0.2) is 9.36 Å². The maximum atomic E-state index is 13.2. The van der Waals surface area contributed by atoms with Gasteiger partial charge in [-0.15, -0.1) is 11.3 Å². The smallest absolute Gasteiger partial charge is 0.332 e. The summed E-state index contributed by atoms with van der Waals surface area (Å²) in [5, 5.41) is 0.597. The van der Waals surface area contributed by atoms with E-state index in [-0.39, 0.29) is 18.7 Å². The number of hydrogen-bond donors (Lipinski definition) is 0. The number of aryl methyl sites for hydroxylation is 2. The predicted octanol–water partition coefficient (Wildman–Crippen LogP) is 2.71. The molecule has 0 bridgehead atoms. The largest absolute Gasteiger partial charge is 0.465 e. The Balaban J connectivity index is 1.95. The predicted molar refractivity (Wildman–Crippen MR) is 109 cm³/mol. The van der Waals surface area contributed by atoms with Gasteiger partial charge in [-0.1, -0.05) is 30.3 Å². The summed E-state index contributed by atoms with van der Waals surface area (Å²) in [6.07, 6.45) is 3.91. The SMILES string of the molecule is CCOC(=O)Cn1c(=O)c2c3c(sc2n(Cc2ccccc2)c1=O)CCCC3. The molecule has 0 saturated carbocycles. The molecule has 0 spiro atoms. The highest BCUT2D eigenvalue weighted by atomic mass is 32.1. The van der Waals surface area contributed by atoms with E-state index in [0.29, 0.717) is 16.8 Å². The molecule has 0 radical (unpaired) electrons. The summed E-state index contributed by atoms with van der Waals surface area (Å²) in [5.74, 6) is -0.573. The van der Waals surface area contributed by atoms with Gasteiger partial charge in [0.25, 0.3) is 5.56 Å². The third kappa shape index (κ3) is 3.30. The number of carbonyl (C=O) groups excluding carboxylic acids is 1. The van der Waals surface area contributed by atoms with E-state index < -0.39 is 11.7 Å². The molecule has 2 aromatic heterocycles. The second kappa shape index (κ2) is 7.75. The lowest BCUT2D eigenvalue weighted by Crippen LogP contribution is -2.42. The summed E-state index contributed by atoms with van der Waals surface area (Å²) in [5.41, 5.74) is 1.18. The summed E-state index contributed by atoms with van der Waals surface area (Å²) in [6.45, 7) is 1.91. The van der Waals surface area contributed by atoms with Gasteiger partial charge < -0.3 is 4.74 Å². The van der Waals surface area contributed by atoms with Gasteiger partial charge in [-0.2, -0.15) is 0 Å². The second-order valence-corrected chi connectivity index (χ2v) is 8.03. The van der Waals surface area contributed by atoms with Crippen molar-refractivity contribution in [2.24, 2.45) is 0 Å². The zero-order chi connectivity index (χ0) is 19.7. The van der Waals surface area contributed by atoms with Crippen LogP contribution in [0, 0.1) is 0 Å². The first-order valence-corrected chi connectivity index (χ1v) is 10.4. The van der Waals surface area contributed by atoms with Crippen LogP contribution in [0.3, 0.4) is 0 Å². The number of thiophene rings is 1. The molecule has 4 rings (SSSR count). The maximum Gasteiger partial charge on any atom is 0.332 e. The summed E-state index contributed by atoms with van der Waals surface area (Å²) < 4.78 is 7.64. The van der Waals surface area contributed by atoms with Crippen molar-refractivity contribution in [2.75, 3.05) is 6.61 Å². The highest BCUT2D eigenvalue weighted by Crippen LogP contribution is 2.34. The van der Waals surface area contributed by atoms with Crippen LogP contribution < -0.4 is 11.2 Å². The van der Waals surface area contributed by atoms with Crippen LogP contribution in [0.2, 0.25) is 0 Å². The quantitative estimate of drug-likeness (QED) is 0.620. The van der Waals surface area contributed by atoms with Gasteiger partial charge in [0, 0.05) is 4.88 Å². The zero-order valence-electron chi connectivity index (χ0n) is 15.8. The van der Waals surface area contributed by atoms with Crippen LogP contribution >= 0.6 is 11.3 Å². The van der Waals surface area contributed by atoms with Crippen LogP contribution in [0.25, 0.3) is 10.2 Å². The maximum absolute atomic E-state index is 13.2. The minimum atomic E-state index is -0.573. The zero-order valence-corrected chi connectivity index (χ0v) is 16.6. The minimum Gasteiger partial charge on any atom is -0.465 e. The highest BCUT2D eigenvalue weighted by molar-refractivity contribution is 7.18. The average molecular weight is 398 g/mol. The molecule has 28 heavy (non-hydrogen) atoms. The van der Waals surface area contributed by atoms with Crippen molar-refractivity contribution in [3.63, 3.8) is 0 Å². The van der Waals surface area contributed by atoms with E-state index >= 15 is 0 Å². The summed E-state index contributed by atoms with van der Waals surface area (Å²) in [4.78, 5) is 40.3. The molecule has 0 aliphatic heterocycles. The van der Waals surface area contributed by atoms with Crippen molar-refractivity contribution in [1.82, 2.24) is 9.13 Å². The number of rotatable bonds is 5. The summed E-state index contributed by atoms with van der Waals surface area (Å²) in [6, 6.07) is 9.67. The molecule has 146 valence electrons. The van der Waals surface area contributed by atoms with Gasteiger partial charge in [0.05, 0.1) is 18.5 Å². The minimum absolute atomic E-state index is 0.210. The third-order valence-corrected chi connectivity index (χ3v) is 6.41. The number of fused-ring (bicyclic) bond motifs is 3. The molecule has 1 aromatic carbocycles. The van der Waals surface area contributed by atoms with Crippen LogP contribution in [0.1, 0.15) is 35.8 Å². The Morgan fingerprint density at radius 2 is 1.86 bits per heavy atom. The van der Waals surface area contributed by atoms with E-state index in [1.54, 1.807) is 22.8 Å². The van der Waals surface area contributed by atoms with Gasteiger partial charge in [0.1, 0.15) is 11.4 Å². The van der Waals surface area contributed by atoms with Crippen molar-refractivity contribution in [2.45, 2.75) is 45.7 Å². The number of hydrogen-bond acceptors (Lipinski definition) is 5. The van der Waals surface area contributed by atoms with Crippen LogP contribution in [-0.4, -0.2) is 21.7 Å². The molecule has 1 aliphatic rings. The molecule has 0 fully saturated rings. The standard InChI is InChI=1S/C21H22N2O4S/c1-2-27-17(24)13-22-19(25)18-15-10-6-7-11-16(15)28-20(18)23(21(22)26)12-14-8-4-3-5-9-14/h3-5,8-9H,2,6-7,10-13H2,1H3. The first kappa shape index (κ1) is 18.7. The van der Waals surface area contributed by atoms with E-state index in [4.69, 9.17) is 4.74 Å². The van der Waals surface area contributed by atoms with Gasteiger partial charge in [0.2, 0.25) is 0 Å². The van der Waals surface area contributed by atoms with Crippen LogP contribution in [0.4, 0.5) is 0 Å². The Morgan fingerprint density at radius 3 is 2.61 bits per heavy atom. The fourth-order valence-electron chi connectivity index (χ4n) is 3.80. The molecule has 3 aromatic rings. The number of ether oxygens (including phenoxy) is 1. The van der Waals surface area contributed by atoms with E-state index in [1.165, 1.54) is 4.88 Å². The van der Waals surface area contributed by atoms with Gasteiger partial charge >= 0.3 is 11.7 Å². The first-order chi connectivity index (χ1) is 13.6. The topological polar surface area (TPSA) is 70.3 Å². The van der Waals surface area contributed by atoms with Gasteiger partial charge in [0.15, 0.2) is 0 Å². The van der Waals surface area contributed by atoms with Crippen molar-refractivity contribution in [1.29, 1.82) is 0 Å². The van der Waals surface area contributed by atoms with E-state index in [9.17, 15) is 14.4 Å². The van der Waals surface area contributed by atoms with E-state index in [0.717, 1.165) is 41.4 Å². The van der Waals surface area contributed by atoms with Crippen molar-refractivity contribution in [3.8, 4) is 0 Å². The lowest BCUT2D eigenvalue weighted by atomic mass is 9.97. The third-order valence-electron chi connectivity index (χ3n) is 5.09. The van der Waals surface area contributed by atoms with E-state index in [2.05, 4.69) is 0 Å². The molecule has 0 N–H and O–H groups in total. The number of carbonyl (C=O) groups is 1. The van der Waals surface area contributed by atoms with E-state index in [1.807, 2.05) is 30.3 Å². The number of esters is 1. The monoisotopic (exact) mass is 398 g/mol. The van der Waals surface area contributed by atoms with Gasteiger partial charge in [-0.3, -0.25) is 14.2 Å². The molecule has 0 atom stereocenters. The van der Waals surface area contributed by atoms with Crippen LogP contribution in [0.15, 0.2) is 39.9 Å². The summed E-state index contributed by atoms with van der Waals surface area (Å²) >= 11 is 1.55. The first-order valence-electron chi connectivity index (χ1n) is 9.57. The average Bonchev–Trinajstić information content (AvgIpc) is 3.09. The Bertz CT molecular complexity index is 1140. The van der Waals surface area contributed by atoms with Crippen molar-refractivity contribution in [3.05, 3.63) is 67.2 Å². The van der Waals surface area contributed by atoms with Crippen LogP contribution in [0.5, 0.6) is 0 Å². The molecule has 0 unspecified atom stereocenters. The lowest BCUT2D eigenvalue weighted by Gasteiger charge is -2.13. The fourth-order valence-corrected chi connectivity index (χ4v) is 5.17. The molecular weight excluding hydrogens is 376 g/mol. The molecule has 0 amide bonds. The molecular formula is C21H22N2O4S. The second-order valence-electron chi connectivity index (χ2n) is 6.94. The Kier molecular flexibility index (Phi) is 5.17. The molecule has 7 heteroatoms. The Hall–Kier alpha value is -2.67. The van der Waals surface area contributed by atoms with Crippen molar-refractivity contribution < 1.29 is 9.53 Å². The highest BCUT2D eigenvalue weighted by Gasteiger charge is 2.24. The Morgan fingerprint density at radius 1 is 1.11 bits per heavy atom. The Labute approximate surface area is 166 Å². The lowest BCUT2D eigenvalue weighted by molar-refractivity contribution is -0.143.